The molecule has 0 atom stereocenters. The fourth-order valence-corrected chi connectivity index (χ4v) is 2.57. The second kappa shape index (κ2) is 8.06. The Morgan fingerprint density at radius 3 is 2.43 bits per heavy atom. The van der Waals surface area contributed by atoms with E-state index < -0.39 is 0 Å². The van der Waals surface area contributed by atoms with Crippen molar-refractivity contribution in [3.05, 3.63) is 28.3 Å². The minimum absolute atomic E-state index is 0.123. The molecule has 1 saturated heterocycles. The lowest BCUT2D eigenvalue weighted by atomic mass is 10.1. The highest BCUT2D eigenvalue weighted by atomic mass is 35.5. The number of amides is 3. The van der Waals surface area contributed by atoms with Crippen molar-refractivity contribution in [3.8, 4) is 5.75 Å². The van der Waals surface area contributed by atoms with Crippen LogP contribution in [-0.2, 0) is 4.79 Å². The summed E-state index contributed by atoms with van der Waals surface area (Å²) in [4.78, 5) is 26.0. The van der Waals surface area contributed by atoms with Crippen LogP contribution >= 0.6 is 11.6 Å². The molecule has 0 aromatic heterocycles. The molecule has 0 saturated carbocycles. The molecule has 1 heterocycles. The SMILES string of the molecule is Cc1cc(OCCNC(=O)N2CCN(C=O)CC2)cc(C)c1Cl. The Bertz CT molecular complexity index is 549. The van der Waals surface area contributed by atoms with Gasteiger partial charge in [0, 0.05) is 31.2 Å². The number of rotatable bonds is 5. The quantitative estimate of drug-likeness (QED) is 0.657. The van der Waals surface area contributed by atoms with E-state index in [1.807, 2.05) is 26.0 Å². The van der Waals surface area contributed by atoms with E-state index in [9.17, 15) is 9.59 Å². The largest absolute Gasteiger partial charge is 0.492 e. The van der Waals surface area contributed by atoms with Gasteiger partial charge in [-0.15, -0.1) is 0 Å². The van der Waals surface area contributed by atoms with Gasteiger partial charge in [-0.2, -0.15) is 0 Å². The van der Waals surface area contributed by atoms with Gasteiger partial charge in [-0.1, -0.05) is 11.6 Å². The molecule has 7 heteroatoms. The number of ether oxygens (including phenoxy) is 1. The molecule has 1 aliphatic heterocycles. The number of piperazine rings is 1. The summed E-state index contributed by atoms with van der Waals surface area (Å²) in [6.07, 6.45) is 0.819. The van der Waals surface area contributed by atoms with Crippen molar-refractivity contribution in [2.75, 3.05) is 39.3 Å². The number of carbonyl (C=O) groups is 2. The highest BCUT2D eigenvalue weighted by molar-refractivity contribution is 6.32. The number of hydrogen-bond acceptors (Lipinski definition) is 3. The van der Waals surface area contributed by atoms with Gasteiger partial charge in [-0.3, -0.25) is 4.79 Å². The number of urea groups is 1. The van der Waals surface area contributed by atoms with Gasteiger partial charge < -0.3 is 19.9 Å². The smallest absolute Gasteiger partial charge is 0.317 e. The Labute approximate surface area is 141 Å². The number of nitrogens with one attached hydrogen (secondary N) is 1. The normalized spacial score (nSPS) is 14.6. The lowest BCUT2D eigenvalue weighted by Crippen LogP contribution is -2.51. The molecule has 0 unspecified atom stereocenters. The first kappa shape index (κ1) is 17.4. The molecule has 2 rings (SSSR count). The monoisotopic (exact) mass is 339 g/mol. The van der Waals surface area contributed by atoms with Crippen molar-refractivity contribution in [3.63, 3.8) is 0 Å². The van der Waals surface area contributed by atoms with Gasteiger partial charge in [0.1, 0.15) is 12.4 Å². The molecular weight excluding hydrogens is 318 g/mol. The molecule has 1 aromatic carbocycles. The zero-order valence-corrected chi connectivity index (χ0v) is 14.2. The molecule has 1 aliphatic rings. The maximum absolute atomic E-state index is 12.0. The van der Waals surface area contributed by atoms with E-state index >= 15 is 0 Å². The number of hydrogen-bond donors (Lipinski definition) is 1. The van der Waals surface area contributed by atoms with Gasteiger partial charge in [-0.25, -0.2) is 4.79 Å². The standard InChI is InChI=1S/C16H22ClN3O3/c1-12-9-14(10-13(2)15(12)17)23-8-3-18-16(22)20-6-4-19(11-21)5-7-20/h9-11H,3-8H2,1-2H3,(H,18,22). The second-order valence-corrected chi connectivity index (χ2v) is 5.96. The van der Waals surface area contributed by atoms with Crippen LogP contribution in [0, 0.1) is 13.8 Å². The third-order valence-corrected chi connectivity index (χ3v) is 4.40. The topological polar surface area (TPSA) is 61.9 Å². The molecule has 1 aromatic rings. The Balaban J connectivity index is 1.71. The number of carbonyl (C=O) groups excluding carboxylic acids is 2. The highest BCUT2D eigenvalue weighted by Crippen LogP contribution is 2.25. The van der Waals surface area contributed by atoms with Gasteiger partial charge in [0.25, 0.3) is 0 Å². The zero-order valence-electron chi connectivity index (χ0n) is 13.5. The lowest BCUT2D eigenvalue weighted by molar-refractivity contribution is -0.119. The fourth-order valence-electron chi connectivity index (χ4n) is 2.46. The number of nitrogens with zero attached hydrogens (tertiary/aromatic N) is 2. The minimum atomic E-state index is -0.123. The molecule has 1 N–H and O–H groups in total. The van der Waals surface area contributed by atoms with Gasteiger partial charge in [0.2, 0.25) is 6.41 Å². The summed E-state index contributed by atoms with van der Waals surface area (Å²) in [6, 6.07) is 3.65. The minimum Gasteiger partial charge on any atom is -0.492 e. The molecule has 0 spiro atoms. The Kier molecular flexibility index (Phi) is 6.10. The zero-order chi connectivity index (χ0) is 16.8. The van der Waals surface area contributed by atoms with Crippen molar-refractivity contribution < 1.29 is 14.3 Å². The van der Waals surface area contributed by atoms with E-state index in [-0.39, 0.29) is 6.03 Å². The van der Waals surface area contributed by atoms with Crippen molar-refractivity contribution in [1.29, 1.82) is 0 Å². The van der Waals surface area contributed by atoms with E-state index in [2.05, 4.69) is 5.32 Å². The summed E-state index contributed by atoms with van der Waals surface area (Å²) in [5.74, 6) is 0.748. The number of benzene rings is 1. The summed E-state index contributed by atoms with van der Waals surface area (Å²) < 4.78 is 5.65. The molecule has 6 nitrogen and oxygen atoms in total. The highest BCUT2D eigenvalue weighted by Gasteiger charge is 2.19. The van der Waals surface area contributed by atoms with Gasteiger partial charge in [0.05, 0.1) is 6.54 Å². The predicted octanol–water partition coefficient (Wildman–Crippen LogP) is 1.82. The summed E-state index contributed by atoms with van der Waals surface area (Å²) in [6.45, 7) is 6.95. The van der Waals surface area contributed by atoms with Crippen LogP contribution in [0.1, 0.15) is 11.1 Å². The predicted molar refractivity (Wildman–Crippen MR) is 89.0 cm³/mol. The van der Waals surface area contributed by atoms with Crippen molar-refractivity contribution >= 4 is 24.0 Å². The van der Waals surface area contributed by atoms with Crippen LogP contribution < -0.4 is 10.1 Å². The number of aryl methyl sites for hydroxylation is 2. The van der Waals surface area contributed by atoms with E-state index in [0.29, 0.717) is 39.3 Å². The molecule has 3 amide bonds. The van der Waals surface area contributed by atoms with E-state index in [0.717, 1.165) is 28.3 Å². The van der Waals surface area contributed by atoms with Crippen LogP contribution in [0.4, 0.5) is 4.79 Å². The van der Waals surface area contributed by atoms with Crippen LogP contribution in [0.5, 0.6) is 5.75 Å². The van der Waals surface area contributed by atoms with Gasteiger partial charge >= 0.3 is 6.03 Å². The second-order valence-electron chi connectivity index (χ2n) is 5.58. The first-order valence-corrected chi connectivity index (χ1v) is 8.00. The van der Waals surface area contributed by atoms with Crippen molar-refractivity contribution in [1.82, 2.24) is 15.1 Å². The number of halogens is 1. The molecule has 126 valence electrons. The van der Waals surface area contributed by atoms with Crippen LogP contribution in [0.2, 0.25) is 5.02 Å². The summed E-state index contributed by atoms with van der Waals surface area (Å²) >= 11 is 6.12. The van der Waals surface area contributed by atoms with E-state index in [1.165, 1.54) is 0 Å². The molecular formula is C16H22ClN3O3. The summed E-state index contributed by atoms with van der Waals surface area (Å²) in [5.41, 5.74) is 1.94. The Hall–Kier alpha value is -1.95. The maximum Gasteiger partial charge on any atom is 0.317 e. The van der Waals surface area contributed by atoms with E-state index in [1.54, 1.807) is 9.80 Å². The average Bonchev–Trinajstić information content (AvgIpc) is 2.56. The van der Waals surface area contributed by atoms with E-state index in [4.69, 9.17) is 16.3 Å². The maximum atomic E-state index is 12.0. The summed E-state index contributed by atoms with van der Waals surface area (Å²) in [5, 5.41) is 3.58. The third kappa shape index (κ3) is 4.76. The Morgan fingerprint density at radius 2 is 1.87 bits per heavy atom. The first-order valence-electron chi connectivity index (χ1n) is 7.63. The van der Waals surface area contributed by atoms with Crippen LogP contribution in [0.3, 0.4) is 0 Å². The van der Waals surface area contributed by atoms with Crippen LogP contribution in [0.15, 0.2) is 12.1 Å². The third-order valence-electron chi connectivity index (χ3n) is 3.81. The summed E-state index contributed by atoms with van der Waals surface area (Å²) in [7, 11) is 0. The van der Waals surface area contributed by atoms with Crippen molar-refractivity contribution in [2.45, 2.75) is 13.8 Å². The lowest BCUT2D eigenvalue weighted by Gasteiger charge is -2.32. The molecule has 0 bridgehead atoms. The first-order chi connectivity index (χ1) is 11.0. The molecule has 0 radical (unpaired) electrons. The molecule has 0 aliphatic carbocycles. The van der Waals surface area contributed by atoms with Crippen LogP contribution in [0.25, 0.3) is 0 Å². The fraction of sp³-hybridized carbons (Fsp3) is 0.500. The molecule has 1 fully saturated rings. The molecule has 23 heavy (non-hydrogen) atoms. The van der Waals surface area contributed by atoms with Crippen LogP contribution in [-0.4, -0.2) is 61.6 Å². The van der Waals surface area contributed by atoms with Gasteiger partial charge in [-0.05, 0) is 37.1 Å². The van der Waals surface area contributed by atoms with Crippen molar-refractivity contribution in [2.24, 2.45) is 0 Å². The van der Waals surface area contributed by atoms with Gasteiger partial charge in [0.15, 0.2) is 0 Å². The average molecular weight is 340 g/mol. The Morgan fingerprint density at radius 1 is 1.26 bits per heavy atom.